The van der Waals surface area contributed by atoms with Crippen LogP contribution in [0, 0.1) is 6.92 Å². The molecule has 0 saturated heterocycles. The molecule has 0 fully saturated rings. The summed E-state index contributed by atoms with van der Waals surface area (Å²) < 4.78 is 27.4. The van der Waals surface area contributed by atoms with Gasteiger partial charge in [-0.25, -0.2) is 8.42 Å². The van der Waals surface area contributed by atoms with E-state index < -0.39 is 10.0 Å². The fourth-order valence-electron chi connectivity index (χ4n) is 2.38. The van der Waals surface area contributed by atoms with Crippen molar-refractivity contribution < 1.29 is 13.2 Å². The van der Waals surface area contributed by atoms with Gasteiger partial charge in [-0.05, 0) is 56.2 Å². The molecule has 0 radical (unpaired) electrons. The highest BCUT2D eigenvalue weighted by Crippen LogP contribution is 2.17. The molecule has 2 N–H and O–H groups in total. The lowest BCUT2D eigenvalue weighted by molar-refractivity contribution is 0.0934. The lowest BCUT2D eigenvalue weighted by Crippen LogP contribution is -2.33. The monoisotopic (exact) mass is 360 g/mol. The summed E-state index contributed by atoms with van der Waals surface area (Å²) in [6.45, 7) is 5.96. The second-order valence-corrected chi connectivity index (χ2v) is 7.67. The second-order valence-electron chi connectivity index (χ2n) is 5.98. The molecule has 1 amide bonds. The van der Waals surface area contributed by atoms with Crippen molar-refractivity contribution in [1.29, 1.82) is 0 Å². The highest BCUT2D eigenvalue weighted by atomic mass is 32.2. The van der Waals surface area contributed by atoms with Crippen molar-refractivity contribution >= 4 is 21.6 Å². The van der Waals surface area contributed by atoms with Gasteiger partial charge in [-0.1, -0.05) is 31.5 Å². The van der Waals surface area contributed by atoms with Crippen LogP contribution in [0.1, 0.15) is 42.6 Å². The van der Waals surface area contributed by atoms with Gasteiger partial charge in [0.1, 0.15) is 0 Å². The lowest BCUT2D eigenvalue weighted by atomic mass is 10.1. The Morgan fingerprint density at radius 2 is 1.52 bits per heavy atom. The number of hydrogen-bond acceptors (Lipinski definition) is 3. The van der Waals surface area contributed by atoms with Crippen LogP contribution in [0.2, 0.25) is 0 Å². The Hall–Kier alpha value is -2.34. The Balaban J connectivity index is 2.12. The topological polar surface area (TPSA) is 75.3 Å². The number of rotatable bonds is 7. The number of sulfonamides is 1. The number of nitrogens with one attached hydrogen (secondary N) is 2. The van der Waals surface area contributed by atoms with Gasteiger partial charge in [0, 0.05) is 17.3 Å². The molecule has 0 aliphatic rings. The molecule has 0 spiro atoms. The van der Waals surface area contributed by atoms with E-state index in [-0.39, 0.29) is 16.8 Å². The Morgan fingerprint density at radius 3 is 2.04 bits per heavy atom. The van der Waals surface area contributed by atoms with Crippen LogP contribution in [0.4, 0.5) is 5.69 Å². The van der Waals surface area contributed by atoms with Gasteiger partial charge in [0.2, 0.25) is 0 Å². The molecule has 0 bridgehead atoms. The summed E-state index contributed by atoms with van der Waals surface area (Å²) in [7, 11) is -3.68. The zero-order chi connectivity index (χ0) is 18.4. The van der Waals surface area contributed by atoms with Gasteiger partial charge in [0.05, 0.1) is 4.90 Å². The SMILES string of the molecule is CCC(CC)NC(=O)c1ccc(S(=O)(=O)Nc2ccc(C)cc2)cc1. The summed E-state index contributed by atoms with van der Waals surface area (Å²) >= 11 is 0. The third-order valence-corrected chi connectivity index (χ3v) is 5.45. The Bertz CT molecular complexity index is 809. The summed E-state index contributed by atoms with van der Waals surface area (Å²) in [5, 5.41) is 2.93. The lowest BCUT2D eigenvalue weighted by Gasteiger charge is -2.15. The van der Waals surface area contributed by atoms with E-state index in [0.717, 1.165) is 18.4 Å². The number of benzene rings is 2. The van der Waals surface area contributed by atoms with E-state index in [2.05, 4.69) is 10.0 Å². The van der Waals surface area contributed by atoms with Crippen molar-refractivity contribution in [2.45, 2.75) is 44.6 Å². The van der Waals surface area contributed by atoms with Gasteiger partial charge in [0.15, 0.2) is 0 Å². The number of carbonyl (C=O) groups is 1. The third kappa shape index (κ3) is 5.06. The normalized spacial score (nSPS) is 11.4. The summed E-state index contributed by atoms with van der Waals surface area (Å²) in [6.07, 6.45) is 1.71. The molecule has 6 heteroatoms. The van der Waals surface area contributed by atoms with Crippen molar-refractivity contribution in [1.82, 2.24) is 5.32 Å². The predicted octanol–water partition coefficient (Wildman–Crippen LogP) is 3.71. The van der Waals surface area contributed by atoms with E-state index in [1.165, 1.54) is 24.3 Å². The maximum Gasteiger partial charge on any atom is 0.261 e. The molecule has 0 aliphatic carbocycles. The molecule has 0 heterocycles. The molecule has 25 heavy (non-hydrogen) atoms. The van der Waals surface area contributed by atoms with Gasteiger partial charge in [0.25, 0.3) is 15.9 Å². The fraction of sp³-hybridized carbons (Fsp3) is 0.316. The van der Waals surface area contributed by atoms with Crippen molar-refractivity contribution in [2.75, 3.05) is 4.72 Å². The van der Waals surface area contributed by atoms with Crippen LogP contribution in [-0.2, 0) is 10.0 Å². The van der Waals surface area contributed by atoms with Crippen LogP contribution in [0.15, 0.2) is 53.4 Å². The average Bonchev–Trinajstić information content (AvgIpc) is 2.61. The summed E-state index contributed by atoms with van der Waals surface area (Å²) in [6, 6.07) is 13.2. The first-order valence-corrected chi connectivity index (χ1v) is 9.84. The van der Waals surface area contributed by atoms with E-state index >= 15 is 0 Å². The largest absolute Gasteiger partial charge is 0.349 e. The quantitative estimate of drug-likeness (QED) is 0.790. The van der Waals surface area contributed by atoms with E-state index in [4.69, 9.17) is 0 Å². The summed E-state index contributed by atoms with van der Waals surface area (Å²) in [4.78, 5) is 12.3. The Morgan fingerprint density at radius 1 is 0.960 bits per heavy atom. The first kappa shape index (κ1) is 19.0. The second kappa shape index (κ2) is 8.16. The predicted molar refractivity (Wildman–Crippen MR) is 100 cm³/mol. The molecule has 0 saturated carbocycles. The van der Waals surface area contributed by atoms with Crippen LogP contribution in [0.25, 0.3) is 0 Å². The molecule has 2 rings (SSSR count). The van der Waals surface area contributed by atoms with Crippen LogP contribution in [0.5, 0.6) is 0 Å². The van der Waals surface area contributed by atoms with Crippen molar-refractivity contribution in [3.8, 4) is 0 Å². The van der Waals surface area contributed by atoms with Crippen LogP contribution < -0.4 is 10.0 Å². The van der Waals surface area contributed by atoms with Gasteiger partial charge in [-0.3, -0.25) is 9.52 Å². The number of anilines is 1. The van der Waals surface area contributed by atoms with Gasteiger partial charge in [-0.15, -0.1) is 0 Å². The average molecular weight is 360 g/mol. The molecular weight excluding hydrogens is 336 g/mol. The highest BCUT2D eigenvalue weighted by molar-refractivity contribution is 7.92. The zero-order valence-electron chi connectivity index (χ0n) is 14.7. The maximum atomic E-state index is 12.4. The minimum atomic E-state index is -3.68. The van der Waals surface area contributed by atoms with E-state index in [1.807, 2.05) is 32.9 Å². The molecule has 5 nitrogen and oxygen atoms in total. The first-order valence-electron chi connectivity index (χ1n) is 8.36. The van der Waals surface area contributed by atoms with Crippen LogP contribution in [-0.4, -0.2) is 20.4 Å². The molecule has 2 aromatic rings. The standard InChI is InChI=1S/C19H24N2O3S/c1-4-16(5-2)20-19(22)15-8-12-18(13-9-15)25(23,24)21-17-10-6-14(3)7-11-17/h6-13,16,21H,4-5H2,1-3H3,(H,20,22). The van der Waals surface area contributed by atoms with Crippen molar-refractivity contribution in [3.05, 3.63) is 59.7 Å². The number of carbonyl (C=O) groups excluding carboxylic acids is 1. The van der Waals surface area contributed by atoms with Crippen molar-refractivity contribution in [3.63, 3.8) is 0 Å². The molecular formula is C19H24N2O3S. The van der Waals surface area contributed by atoms with E-state index in [1.54, 1.807) is 12.1 Å². The first-order chi connectivity index (χ1) is 11.9. The van der Waals surface area contributed by atoms with Crippen molar-refractivity contribution in [2.24, 2.45) is 0 Å². The van der Waals surface area contributed by atoms with Gasteiger partial charge < -0.3 is 5.32 Å². The van der Waals surface area contributed by atoms with Gasteiger partial charge in [-0.2, -0.15) is 0 Å². The molecule has 2 aromatic carbocycles. The third-order valence-electron chi connectivity index (χ3n) is 4.05. The highest BCUT2D eigenvalue weighted by Gasteiger charge is 2.16. The van der Waals surface area contributed by atoms with Crippen LogP contribution in [0.3, 0.4) is 0 Å². The molecule has 0 aliphatic heterocycles. The Kier molecular flexibility index (Phi) is 6.20. The van der Waals surface area contributed by atoms with Crippen LogP contribution >= 0.6 is 0 Å². The fourth-order valence-corrected chi connectivity index (χ4v) is 3.44. The Labute approximate surface area is 149 Å². The summed E-state index contributed by atoms with van der Waals surface area (Å²) in [5.74, 6) is -0.191. The zero-order valence-corrected chi connectivity index (χ0v) is 15.6. The number of amides is 1. The van der Waals surface area contributed by atoms with Gasteiger partial charge >= 0.3 is 0 Å². The molecule has 0 aromatic heterocycles. The van der Waals surface area contributed by atoms with E-state index in [0.29, 0.717) is 11.3 Å². The minimum absolute atomic E-state index is 0.118. The number of hydrogen-bond donors (Lipinski definition) is 2. The summed E-state index contributed by atoms with van der Waals surface area (Å²) in [5.41, 5.74) is 2.00. The molecule has 0 atom stereocenters. The number of aryl methyl sites for hydroxylation is 1. The van der Waals surface area contributed by atoms with E-state index in [9.17, 15) is 13.2 Å². The molecule has 0 unspecified atom stereocenters. The maximum absolute atomic E-state index is 12.4. The minimum Gasteiger partial charge on any atom is -0.349 e. The smallest absolute Gasteiger partial charge is 0.261 e. The molecule has 134 valence electrons.